The second-order valence-corrected chi connectivity index (χ2v) is 5.22. The molecule has 0 aromatic heterocycles. The van der Waals surface area contributed by atoms with Crippen molar-refractivity contribution < 1.29 is 14.3 Å². The highest BCUT2D eigenvalue weighted by molar-refractivity contribution is 6.01. The van der Waals surface area contributed by atoms with E-state index in [4.69, 9.17) is 10.5 Å². The van der Waals surface area contributed by atoms with Crippen LogP contribution in [0.4, 0.5) is 10.5 Å². The van der Waals surface area contributed by atoms with Gasteiger partial charge < -0.3 is 15.4 Å². The van der Waals surface area contributed by atoms with E-state index in [0.717, 1.165) is 31.0 Å². The zero-order chi connectivity index (χ0) is 15.7. The van der Waals surface area contributed by atoms with E-state index < -0.39 is 18.1 Å². The minimum atomic E-state index is -0.887. The maximum atomic E-state index is 11.8. The highest BCUT2D eigenvalue weighted by Crippen LogP contribution is 2.23. The minimum Gasteiger partial charge on any atom is -0.434 e. The predicted octanol–water partition coefficient (Wildman–Crippen LogP) is 0.579. The van der Waals surface area contributed by atoms with Crippen molar-refractivity contribution in [3.05, 3.63) is 29.8 Å². The average molecular weight is 302 g/mol. The summed E-state index contributed by atoms with van der Waals surface area (Å²) in [5.74, 6) is 0.347. The summed E-state index contributed by atoms with van der Waals surface area (Å²) in [6, 6.07) is 7.50. The number of benzene rings is 1. The first-order valence-electron chi connectivity index (χ1n) is 7.27. The van der Waals surface area contributed by atoms with Crippen LogP contribution in [-0.4, -0.2) is 55.0 Å². The van der Waals surface area contributed by atoms with Gasteiger partial charge in [0, 0.05) is 24.3 Å². The van der Waals surface area contributed by atoms with Crippen molar-refractivity contribution in [3.63, 3.8) is 0 Å². The van der Waals surface area contributed by atoms with Gasteiger partial charge in [0.05, 0.1) is 13.1 Å². The van der Waals surface area contributed by atoms with Crippen LogP contribution in [0.25, 0.3) is 0 Å². The predicted molar refractivity (Wildman–Crippen MR) is 81.9 cm³/mol. The topological polar surface area (TPSA) is 88.2 Å². The number of nitrogens with two attached hydrogens (primary N) is 1. The number of carbonyl (C=O) groups is 2. The van der Waals surface area contributed by atoms with Gasteiger partial charge in [-0.05, 0) is 31.2 Å². The molecular formula is C15H18N4O3. The molecule has 1 aromatic carbocycles. The van der Waals surface area contributed by atoms with E-state index in [-0.39, 0.29) is 6.54 Å². The third-order valence-electron chi connectivity index (χ3n) is 3.88. The van der Waals surface area contributed by atoms with Crippen molar-refractivity contribution in [1.29, 1.82) is 0 Å². The first kappa shape index (κ1) is 14.4. The number of aliphatic imine (C=N–C) groups is 1. The van der Waals surface area contributed by atoms with Gasteiger partial charge in [0.15, 0.2) is 6.10 Å². The van der Waals surface area contributed by atoms with Gasteiger partial charge in [-0.15, -0.1) is 0 Å². The molecule has 0 spiro atoms. The van der Waals surface area contributed by atoms with E-state index >= 15 is 0 Å². The number of nitrogens with zero attached hydrogens (tertiary/aromatic N) is 3. The molecule has 2 aliphatic heterocycles. The number of likely N-dealkylation sites (N-methyl/N-ethyl adjacent to an activating group) is 1. The van der Waals surface area contributed by atoms with Crippen molar-refractivity contribution >= 4 is 23.5 Å². The van der Waals surface area contributed by atoms with E-state index in [1.165, 1.54) is 4.90 Å². The molecular weight excluding hydrogens is 284 g/mol. The quantitative estimate of drug-likeness (QED) is 0.881. The molecule has 1 fully saturated rings. The van der Waals surface area contributed by atoms with E-state index in [2.05, 4.69) is 16.8 Å². The number of hydrogen-bond acceptors (Lipinski definition) is 5. The number of rotatable bonds is 4. The van der Waals surface area contributed by atoms with Gasteiger partial charge in [0.25, 0.3) is 5.91 Å². The van der Waals surface area contributed by atoms with Crippen LogP contribution < -0.4 is 10.6 Å². The standard InChI is InChI=1S/C15H18N4O3/c1-2-18-8-7-17-14(18)10-3-5-11(6-4-10)19-9-12(13(16)20)22-15(19)21/h3-6,12H,2,7-9H2,1H3,(H2,16,20)/t12-/m0/s1. The van der Waals surface area contributed by atoms with Crippen LogP contribution in [0, 0.1) is 0 Å². The van der Waals surface area contributed by atoms with Gasteiger partial charge in [-0.2, -0.15) is 0 Å². The smallest absolute Gasteiger partial charge is 0.415 e. The van der Waals surface area contributed by atoms with Crippen LogP contribution in [-0.2, 0) is 9.53 Å². The van der Waals surface area contributed by atoms with Crippen LogP contribution in [0.5, 0.6) is 0 Å². The summed E-state index contributed by atoms with van der Waals surface area (Å²) in [4.78, 5) is 31.0. The van der Waals surface area contributed by atoms with Gasteiger partial charge in [0.2, 0.25) is 0 Å². The Labute approximate surface area is 128 Å². The largest absolute Gasteiger partial charge is 0.434 e. The Morgan fingerprint density at radius 3 is 2.73 bits per heavy atom. The molecule has 0 unspecified atom stereocenters. The third-order valence-corrected chi connectivity index (χ3v) is 3.88. The summed E-state index contributed by atoms with van der Waals surface area (Å²) in [6.07, 6.45) is -1.44. The first-order chi connectivity index (χ1) is 10.6. The Hall–Kier alpha value is -2.57. The van der Waals surface area contributed by atoms with Gasteiger partial charge in [-0.25, -0.2) is 4.79 Å². The molecule has 0 radical (unpaired) electrons. The average Bonchev–Trinajstić information content (AvgIpc) is 3.13. The minimum absolute atomic E-state index is 0.148. The van der Waals surface area contributed by atoms with E-state index in [1.807, 2.05) is 24.3 Å². The summed E-state index contributed by atoms with van der Waals surface area (Å²) >= 11 is 0. The van der Waals surface area contributed by atoms with Crippen LogP contribution in [0.2, 0.25) is 0 Å². The van der Waals surface area contributed by atoms with E-state index in [9.17, 15) is 9.59 Å². The SMILES string of the molecule is CCN1CCN=C1c1ccc(N2C[C@@H](C(N)=O)OC2=O)cc1. The maximum absolute atomic E-state index is 11.8. The number of primary amides is 1. The van der Waals surface area contributed by atoms with E-state index in [0.29, 0.717) is 5.69 Å². The fourth-order valence-corrected chi connectivity index (χ4v) is 2.68. The second-order valence-electron chi connectivity index (χ2n) is 5.22. The van der Waals surface area contributed by atoms with Crippen LogP contribution >= 0.6 is 0 Å². The Balaban J connectivity index is 1.78. The van der Waals surface area contributed by atoms with Crippen molar-refractivity contribution in [3.8, 4) is 0 Å². The lowest BCUT2D eigenvalue weighted by molar-refractivity contribution is -0.124. The number of cyclic esters (lactones) is 1. The molecule has 2 aliphatic rings. The van der Waals surface area contributed by atoms with Gasteiger partial charge in [-0.3, -0.25) is 14.7 Å². The molecule has 22 heavy (non-hydrogen) atoms. The number of ether oxygens (including phenoxy) is 1. The van der Waals surface area contributed by atoms with Gasteiger partial charge in [0.1, 0.15) is 5.84 Å². The summed E-state index contributed by atoms with van der Waals surface area (Å²) < 4.78 is 4.93. The normalized spacial score (nSPS) is 21.0. The number of anilines is 1. The highest BCUT2D eigenvalue weighted by Gasteiger charge is 2.35. The second kappa shape index (κ2) is 5.67. The van der Waals surface area contributed by atoms with Gasteiger partial charge >= 0.3 is 6.09 Å². The lowest BCUT2D eigenvalue weighted by Gasteiger charge is -2.19. The molecule has 7 nitrogen and oxygen atoms in total. The molecule has 2 heterocycles. The maximum Gasteiger partial charge on any atom is 0.415 e. The van der Waals surface area contributed by atoms with Crippen molar-refractivity contribution in [2.45, 2.75) is 13.0 Å². The summed E-state index contributed by atoms with van der Waals surface area (Å²) in [5.41, 5.74) is 6.87. The zero-order valence-corrected chi connectivity index (χ0v) is 12.4. The molecule has 1 saturated heterocycles. The highest BCUT2D eigenvalue weighted by atomic mass is 16.6. The lowest BCUT2D eigenvalue weighted by Crippen LogP contribution is -2.32. The van der Waals surface area contributed by atoms with Crippen LogP contribution in [0.1, 0.15) is 12.5 Å². The Kier molecular flexibility index (Phi) is 3.70. The first-order valence-corrected chi connectivity index (χ1v) is 7.27. The van der Waals surface area contributed by atoms with Crippen molar-refractivity contribution in [2.24, 2.45) is 10.7 Å². The number of carbonyl (C=O) groups excluding carboxylic acids is 2. The molecule has 116 valence electrons. The number of hydrogen-bond donors (Lipinski definition) is 1. The zero-order valence-electron chi connectivity index (χ0n) is 12.4. The Bertz CT molecular complexity index is 626. The van der Waals surface area contributed by atoms with E-state index in [1.54, 1.807) is 0 Å². The fraction of sp³-hybridized carbons (Fsp3) is 0.400. The summed E-state index contributed by atoms with van der Waals surface area (Å²) in [7, 11) is 0. The fourth-order valence-electron chi connectivity index (χ4n) is 2.68. The van der Waals surface area contributed by atoms with Crippen LogP contribution in [0.3, 0.4) is 0 Å². The molecule has 0 bridgehead atoms. The van der Waals surface area contributed by atoms with Gasteiger partial charge in [-0.1, -0.05) is 0 Å². The monoisotopic (exact) mass is 302 g/mol. The van der Waals surface area contributed by atoms with Crippen molar-refractivity contribution in [2.75, 3.05) is 31.1 Å². The number of amides is 2. The third kappa shape index (κ3) is 2.49. The molecule has 7 heteroatoms. The molecule has 1 atom stereocenters. The molecule has 2 N–H and O–H groups in total. The Morgan fingerprint density at radius 1 is 1.41 bits per heavy atom. The molecule has 3 rings (SSSR count). The summed E-state index contributed by atoms with van der Waals surface area (Å²) in [6.45, 7) is 4.91. The molecule has 0 aliphatic carbocycles. The molecule has 0 saturated carbocycles. The Morgan fingerprint density at radius 2 is 2.14 bits per heavy atom. The van der Waals surface area contributed by atoms with Crippen molar-refractivity contribution in [1.82, 2.24) is 4.90 Å². The van der Waals surface area contributed by atoms with Crippen LogP contribution in [0.15, 0.2) is 29.3 Å². The number of amidine groups is 1. The summed E-state index contributed by atoms with van der Waals surface area (Å²) in [5, 5.41) is 0. The molecule has 1 aromatic rings. The lowest BCUT2D eigenvalue weighted by atomic mass is 10.1. The molecule has 2 amide bonds.